The number of aromatic nitrogens is 1. The van der Waals surface area contributed by atoms with Crippen molar-refractivity contribution in [1.29, 1.82) is 0 Å². The summed E-state index contributed by atoms with van der Waals surface area (Å²) in [7, 11) is 4.95. The highest BCUT2D eigenvalue weighted by molar-refractivity contribution is 6.60. The molecule has 1 aliphatic rings. The molecule has 2 heterocycles. The fourth-order valence-electron chi connectivity index (χ4n) is 6.64. The van der Waals surface area contributed by atoms with Crippen LogP contribution in [0.1, 0.15) is 5.56 Å². The molecule has 4 rings (SSSR count). The summed E-state index contributed by atoms with van der Waals surface area (Å²) in [5.41, 5.74) is 2.54. The van der Waals surface area contributed by atoms with Crippen LogP contribution < -0.4 is 15.2 Å². The van der Waals surface area contributed by atoms with Crippen molar-refractivity contribution in [3.05, 3.63) is 42.0 Å². The quantitative estimate of drug-likeness (QED) is 0.0556. The topological polar surface area (TPSA) is 202 Å². The van der Waals surface area contributed by atoms with Gasteiger partial charge in [0.1, 0.15) is 7.05 Å². The molecule has 0 atom stereocenters. The maximum atomic E-state index is 13.7. The normalized spacial score (nSPS) is 16.0. The van der Waals surface area contributed by atoms with Crippen molar-refractivity contribution >= 4 is 63.9 Å². The molecule has 18 heteroatoms. The number of hydrogen-bond acceptors (Lipinski definition) is 12. The number of hydroxylamine groups is 1. The molecule has 3 aromatic rings. The van der Waals surface area contributed by atoms with Gasteiger partial charge in [0.05, 0.1) is 49.7 Å². The Bertz CT molecular complexity index is 1730. The van der Waals surface area contributed by atoms with Gasteiger partial charge in [0.15, 0.2) is 0 Å². The summed E-state index contributed by atoms with van der Waals surface area (Å²) in [5, 5.41) is 53.0. The zero-order valence-corrected chi connectivity index (χ0v) is 30.1. The number of anilines is 1. The molecule has 1 aromatic heterocycles. The summed E-state index contributed by atoms with van der Waals surface area (Å²) in [6.07, 6.45) is 0. The summed E-state index contributed by atoms with van der Waals surface area (Å²) >= 11 is 0. The number of nitrogens with zero attached hydrogens (tertiary/aromatic N) is 7. The number of carboxylic acid groups (broad SMARTS) is 3. The van der Waals surface area contributed by atoms with Crippen LogP contribution >= 0.6 is 0 Å². The number of fused-ring (bicyclic) bond motifs is 3. The van der Waals surface area contributed by atoms with Gasteiger partial charge in [0.25, 0.3) is 0 Å². The van der Waals surface area contributed by atoms with E-state index in [1.165, 1.54) is 7.11 Å². The van der Waals surface area contributed by atoms with Crippen molar-refractivity contribution in [3.63, 3.8) is 0 Å². The molecule has 1 aliphatic heterocycles. The molecule has 0 spiro atoms. The van der Waals surface area contributed by atoms with Crippen molar-refractivity contribution in [3.8, 4) is 0 Å². The molecule has 1 saturated heterocycles. The van der Waals surface area contributed by atoms with E-state index in [1.807, 2.05) is 41.3 Å². The Labute approximate surface area is 302 Å². The average Bonchev–Trinajstić information content (AvgIpc) is 3.08. The summed E-state index contributed by atoms with van der Waals surface area (Å²) in [4.78, 5) is 62.4. The van der Waals surface area contributed by atoms with Crippen LogP contribution in [0.25, 0.3) is 21.7 Å². The first-order chi connectivity index (χ1) is 24.7. The lowest BCUT2D eigenvalue weighted by Gasteiger charge is -2.33. The number of likely N-dealkylation sites (N-methyl/N-ethyl adjacent to an activating group) is 1. The number of aliphatic carboxylic acids is 3. The highest BCUT2D eigenvalue weighted by Crippen LogP contribution is 2.30. The van der Waals surface area contributed by atoms with Crippen molar-refractivity contribution in [1.82, 2.24) is 24.5 Å². The van der Waals surface area contributed by atoms with Crippen molar-refractivity contribution < 1.29 is 54.0 Å². The van der Waals surface area contributed by atoms with Crippen LogP contribution in [0.15, 0.2) is 36.4 Å². The van der Waals surface area contributed by atoms with Gasteiger partial charge in [-0.05, 0) is 17.7 Å². The number of carboxylic acids is 3. The first-order valence-corrected chi connectivity index (χ1v) is 17.0. The molecule has 0 saturated carbocycles. The first kappa shape index (κ1) is 40.3. The van der Waals surface area contributed by atoms with Gasteiger partial charge in [-0.1, -0.05) is 18.2 Å². The summed E-state index contributed by atoms with van der Waals surface area (Å²) in [5.74, 6) is -3.25. The third-order valence-electron chi connectivity index (χ3n) is 9.44. The minimum absolute atomic E-state index is 0.0133. The van der Waals surface area contributed by atoms with Gasteiger partial charge in [-0.2, -0.15) is 0 Å². The van der Waals surface area contributed by atoms with E-state index in [-0.39, 0.29) is 64.8 Å². The third-order valence-corrected chi connectivity index (χ3v) is 9.44. The molecule has 0 bridgehead atoms. The molecule has 17 nitrogen and oxygen atoms in total. The summed E-state index contributed by atoms with van der Waals surface area (Å²) in [6, 6.07) is 11.3. The van der Waals surface area contributed by atoms with Crippen LogP contribution in [0.3, 0.4) is 0 Å². The van der Waals surface area contributed by atoms with E-state index in [9.17, 15) is 44.5 Å². The second kappa shape index (κ2) is 18.4. The number of carbonyl (C=O) groups is 4. The van der Waals surface area contributed by atoms with Crippen molar-refractivity contribution in [2.75, 3.05) is 105 Å². The molecule has 1 fully saturated rings. The number of rotatable bonds is 13. The van der Waals surface area contributed by atoms with Crippen molar-refractivity contribution in [2.24, 2.45) is 7.05 Å². The number of carbonyl (C=O) groups excluding carboxylic acids is 1. The molecule has 282 valence electrons. The molecule has 5 N–H and O–H groups in total. The molecule has 0 aliphatic carbocycles. The van der Waals surface area contributed by atoms with Crippen LogP contribution in [0, 0.1) is 0 Å². The van der Waals surface area contributed by atoms with E-state index in [0.717, 1.165) is 21.9 Å². The lowest BCUT2D eigenvalue weighted by molar-refractivity contribution is -0.626. The number of aryl methyl sites for hydroxylation is 1. The van der Waals surface area contributed by atoms with Gasteiger partial charge < -0.3 is 30.3 Å². The molecular weight excluding hydrogens is 677 g/mol. The lowest BCUT2D eigenvalue weighted by Crippen LogP contribution is -2.56. The zero-order chi connectivity index (χ0) is 38.1. The molecule has 0 radical (unpaired) electrons. The number of amides is 1. The number of pyridine rings is 1. The predicted octanol–water partition coefficient (Wildman–Crippen LogP) is -2.07. The Morgan fingerprint density at radius 3 is 1.67 bits per heavy atom. The van der Waals surface area contributed by atoms with Gasteiger partial charge >= 0.3 is 25.0 Å². The zero-order valence-electron chi connectivity index (χ0n) is 30.1. The highest BCUT2D eigenvalue weighted by atomic mass is 16.7. The fourth-order valence-corrected chi connectivity index (χ4v) is 6.64. The van der Waals surface area contributed by atoms with Gasteiger partial charge in [-0.3, -0.25) is 48.7 Å². The second-order valence-corrected chi connectivity index (χ2v) is 13.1. The van der Waals surface area contributed by atoms with Crippen LogP contribution in [0.2, 0.25) is 0 Å². The standard InChI is InChI=1S/C34H48BN7O10/c1-36(19-24-8-9-27-26(18-24)25-6-5-7-28(38(3)52-4)33(25)34(35(50)51)37(27)2)29(43)20-39-10-12-40(21-30(44)45)14-16-42(23-32(48)49)17-15-41(13-11-39)22-31(46)47/h5-9,18,50-51H,10-17,19-23H2,1-4H3,(H2-,44,45,46,47,48,49)/p+1. The largest absolute Gasteiger partial charge is 0.562 e. The molecular formula is C34H49BN7O10+. The summed E-state index contributed by atoms with van der Waals surface area (Å²) in [6.45, 7) is 1.98. The van der Waals surface area contributed by atoms with E-state index in [0.29, 0.717) is 42.8 Å². The van der Waals surface area contributed by atoms with E-state index in [2.05, 4.69) is 0 Å². The van der Waals surface area contributed by atoms with E-state index in [4.69, 9.17) is 4.84 Å². The molecule has 2 aromatic carbocycles. The SMILES string of the molecule is CON(C)c1cccc2c1c(B(O)O)[n+](C)c1ccc(CN(C)C(=O)CN3CCN(CC(=O)O)CCN(CC(=O)O)CCN(CC(=O)O)CC3)cc21. The maximum Gasteiger partial charge on any atom is 0.562 e. The maximum absolute atomic E-state index is 13.7. The van der Waals surface area contributed by atoms with Crippen LogP contribution in [-0.2, 0) is 37.6 Å². The lowest BCUT2D eigenvalue weighted by atomic mass is 9.80. The minimum Gasteiger partial charge on any atom is -0.480 e. The Morgan fingerprint density at radius 2 is 1.23 bits per heavy atom. The van der Waals surface area contributed by atoms with Crippen LogP contribution in [-0.4, -0.2) is 181 Å². The van der Waals surface area contributed by atoms with Gasteiger partial charge in [0, 0.05) is 84.5 Å². The number of benzene rings is 2. The predicted molar refractivity (Wildman–Crippen MR) is 193 cm³/mol. The monoisotopic (exact) mass is 726 g/mol. The van der Waals surface area contributed by atoms with Crippen LogP contribution in [0.4, 0.5) is 5.69 Å². The summed E-state index contributed by atoms with van der Waals surface area (Å²) < 4.78 is 1.73. The third kappa shape index (κ3) is 10.6. The number of hydrogen-bond donors (Lipinski definition) is 5. The Hall–Kier alpha value is -4.43. The van der Waals surface area contributed by atoms with E-state index >= 15 is 0 Å². The first-order valence-electron chi connectivity index (χ1n) is 17.0. The van der Waals surface area contributed by atoms with Crippen molar-refractivity contribution in [2.45, 2.75) is 6.54 Å². The average molecular weight is 727 g/mol. The Morgan fingerprint density at radius 1 is 0.750 bits per heavy atom. The molecule has 0 unspecified atom stereocenters. The van der Waals surface area contributed by atoms with Gasteiger partial charge in [0.2, 0.25) is 17.0 Å². The van der Waals surface area contributed by atoms with Gasteiger partial charge in [-0.15, -0.1) is 0 Å². The Kier molecular flexibility index (Phi) is 14.3. The highest BCUT2D eigenvalue weighted by Gasteiger charge is 2.32. The Balaban J connectivity index is 1.57. The molecule has 52 heavy (non-hydrogen) atoms. The van der Waals surface area contributed by atoms with E-state index in [1.54, 1.807) is 50.4 Å². The molecule has 1 amide bonds. The minimum atomic E-state index is -1.75. The van der Waals surface area contributed by atoms with Crippen LogP contribution in [0.5, 0.6) is 0 Å². The van der Waals surface area contributed by atoms with E-state index < -0.39 is 25.0 Å². The smallest absolute Gasteiger partial charge is 0.480 e. The van der Waals surface area contributed by atoms with Gasteiger partial charge in [-0.25, -0.2) is 4.57 Å². The fraction of sp³-hybridized carbons (Fsp3) is 0.500. The second-order valence-electron chi connectivity index (χ2n) is 13.1.